The lowest BCUT2D eigenvalue weighted by atomic mass is 9.98. The van der Waals surface area contributed by atoms with Gasteiger partial charge in [0.25, 0.3) is 5.91 Å². The molecule has 4 rings (SSSR count). The summed E-state index contributed by atoms with van der Waals surface area (Å²) in [6.07, 6.45) is 2.07. The number of methoxy groups -OCH3 is 1. The Hall–Kier alpha value is -3.84. The molecular weight excluding hydrogens is 454 g/mol. The minimum Gasteiger partial charge on any atom is -0.497 e. The fourth-order valence-corrected chi connectivity index (χ4v) is 4.24. The number of ether oxygens (including phenoxy) is 2. The zero-order chi connectivity index (χ0) is 25.2. The van der Waals surface area contributed by atoms with Gasteiger partial charge in [-0.1, -0.05) is 42.5 Å². The van der Waals surface area contributed by atoms with Crippen LogP contribution in [0.25, 0.3) is 0 Å². The highest BCUT2D eigenvalue weighted by molar-refractivity contribution is 6.09. The summed E-state index contributed by atoms with van der Waals surface area (Å²) in [7, 11) is 1.58. The van der Waals surface area contributed by atoms with Crippen LogP contribution in [0.1, 0.15) is 28.8 Å². The van der Waals surface area contributed by atoms with Crippen molar-refractivity contribution in [3.8, 4) is 11.5 Å². The van der Waals surface area contributed by atoms with Crippen molar-refractivity contribution >= 4 is 17.5 Å². The number of carbonyl (C=O) groups is 2. The number of rotatable bonds is 10. The number of anilines is 1. The summed E-state index contributed by atoms with van der Waals surface area (Å²) in [5, 5.41) is 6.37. The monoisotopic (exact) mass is 487 g/mol. The van der Waals surface area contributed by atoms with E-state index in [1.165, 1.54) is 4.90 Å². The van der Waals surface area contributed by atoms with Crippen LogP contribution in [0, 0.1) is 5.92 Å². The first-order chi connectivity index (χ1) is 17.6. The van der Waals surface area contributed by atoms with Gasteiger partial charge in [0.2, 0.25) is 5.91 Å². The molecule has 188 valence electrons. The maximum Gasteiger partial charge on any atom is 0.258 e. The van der Waals surface area contributed by atoms with Crippen molar-refractivity contribution in [3.05, 3.63) is 90.0 Å². The molecule has 7 nitrogen and oxygen atoms in total. The smallest absolute Gasteiger partial charge is 0.258 e. The Morgan fingerprint density at radius 1 is 0.944 bits per heavy atom. The third-order valence-electron chi connectivity index (χ3n) is 6.32. The normalized spacial score (nSPS) is 13.6. The molecule has 0 atom stereocenters. The average Bonchev–Trinajstić information content (AvgIpc) is 2.95. The number of hydrogen-bond acceptors (Lipinski definition) is 5. The van der Waals surface area contributed by atoms with Crippen LogP contribution in [-0.2, 0) is 11.4 Å². The van der Waals surface area contributed by atoms with E-state index in [-0.39, 0.29) is 18.4 Å². The van der Waals surface area contributed by atoms with Crippen LogP contribution in [-0.4, -0.2) is 45.1 Å². The second-order valence-electron chi connectivity index (χ2n) is 8.86. The maximum absolute atomic E-state index is 13.7. The minimum absolute atomic E-state index is 0.110. The van der Waals surface area contributed by atoms with Gasteiger partial charge in [0.1, 0.15) is 24.7 Å². The van der Waals surface area contributed by atoms with Gasteiger partial charge < -0.3 is 20.1 Å². The highest BCUT2D eigenvalue weighted by Gasteiger charge is 2.24. The molecule has 0 radical (unpaired) electrons. The van der Waals surface area contributed by atoms with E-state index < -0.39 is 0 Å². The third-order valence-corrected chi connectivity index (χ3v) is 6.32. The molecule has 0 aromatic heterocycles. The van der Waals surface area contributed by atoms with Crippen molar-refractivity contribution in [2.24, 2.45) is 5.92 Å². The number of amides is 2. The van der Waals surface area contributed by atoms with Crippen molar-refractivity contribution in [3.63, 3.8) is 0 Å². The van der Waals surface area contributed by atoms with Gasteiger partial charge in [0.05, 0.1) is 12.8 Å². The van der Waals surface area contributed by atoms with Crippen molar-refractivity contribution in [1.29, 1.82) is 0 Å². The molecule has 1 fully saturated rings. The standard InChI is InChI=1S/C29H33N3O4/c1-35-25-13-11-24(12-14-25)29(34)32(20-28(33)31-19-22-15-17-30-18-16-22)26-9-5-6-10-27(26)36-21-23-7-3-2-4-8-23/h2-14,22,30H,15-21H2,1H3,(H,31,33). The molecule has 1 heterocycles. The van der Waals surface area contributed by atoms with E-state index in [2.05, 4.69) is 10.6 Å². The van der Waals surface area contributed by atoms with Gasteiger partial charge in [-0.05, 0) is 73.8 Å². The van der Waals surface area contributed by atoms with E-state index in [1.807, 2.05) is 54.6 Å². The van der Waals surface area contributed by atoms with Gasteiger partial charge in [-0.15, -0.1) is 0 Å². The average molecular weight is 488 g/mol. The van der Waals surface area contributed by atoms with Crippen LogP contribution >= 0.6 is 0 Å². The van der Waals surface area contributed by atoms with Gasteiger partial charge in [-0.2, -0.15) is 0 Å². The quantitative estimate of drug-likeness (QED) is 0.451. The molecule has 1 aliphatic heterocycles. The molecule has 7 heteroatoms. The van der Waals surface area contributed by atoms with Crippen molar-refractivity contribution < 1.29 is 19.1 Å². The van der Waals surface area contributed by atoms with Gasteiger partial charge in [-0.3, -0.25) is 14.5 Å². The zero-order valence-corrected chi connectivity index (χ0v) is 20.6. The summed E-state index contributed by atoms with van der Waals surface area (Å²) in [5.41, 5.74) is 2.02. The lowest BCUT2D eigenvalue weighted by Gasteiger charge is -2.26. The first kappa shape index (κ1) is 25.3. The largest absolute Gasteiger partial charge is 0.497 e. The Morgan fingerprint density at radius 2 is 1.64 bits per heavy atom. The number of hydrogen-bond donors (Lipinski definition) is 2. The van der Waals surface area contributed by atoms with Crippen molar-refractivity contribution in [2.45, 2.75) is 19.4 Å². The van der Waals surface area contributed by atoms with Crippen LogP contribution in [0.4, 0.5) is 5.69 Å². The van der Waals surface area contributed by atoms with Crippen LogP contribution in [0.2, 0.25) is 0 Å². The second kappa shape index (κ2) is 12.7. The molecular formula is C29H33N3O4. The summed E-state index contributed by atoms with van der Waals surface area (Å²) >= 11 is 0. The minimum atomic E-state index is -0.287. The molecule has 3 aromatic carbocycles. The highest BCUT2D eigenvalue weighted by Crippen LogP contribution is 2.30. The Bertz CT molecular complexity index is 1130. The molecule has 0 unspecified atom stereocenters. The first-order valence-electron chi connectivity index (χ1n) is 12.3. The molecule has 2 amide bonds. The number of nitrogens with one attached hydrogen (secondary N) is 2. The van der Waals surface area contributed by atoms with E-state index >= 15 is 0 Å². The molecule has 0 bridgehead atoms. The van der Waals surface area contributed by atoms with Gasteiger partial charge >= 0.3 is 0 Å². The van der Waals surface area contributed by atoms with E-state index in [4.69, 9.17) is 9.47 Å². The van der Waals surface area contributed by atoms with Crippen molar-refractivity contribution in [1.82, 2.24) is 10.6 Å². The molecule has 0 saturated carbocycles. The molecule has 0 aliphatic carbocycles. The lowest BCUT2D eigenvalue weighted by Crippen LogP contribution is -2.43. The van der Waals surface area contributed by atoms with E-state index in [9.17, 15) is 9.59 Å². The van der Waals surface area contributed by atoms with Crippen LogP contribution in [0.15, 0.2) is 78.9 Å². The van der Waals surface area contributed by atoms with Crippen LogP contribution in [0.3, 0.4) is 0 Å². The van der Waals surface area contributed by atoms with Gasteiger partial charge in [-0.25, -0.2) is 0 Å². The summed E-state index contributed by atoms with van der Waals surface area (Å²) in [5.74, 6) is 1.15. The van der Waals surface area contributed by atoms with Gasteiger partial charge in [0, 0.05) is 12.1 Å². The van der Waals surface area contributed by atoms with Gasteiger partial charge in [0.15, 0.2) is 0 Å². The fourth-order valence-electron chi connectivity index (χ4n) is 4.24. The third kappa shape index (κ3) is 6.86. The number of nitrogens with zero attached hydrogens (tertiary/aromatic N) is 1. The Balaban J connectivity index is 1.55. The summed E-state index contributed by atoms with van der Waals surface area (Å²) in [6, 6.07) is 24.0. The highest BCUT2D eigenvalue weighted by atomic mass is 16.5. The number of benzene rings is 3. The predicted octanol–water partition coefficient (Wildman–Crippen LogP) is 4.04. The maximum atomic E-state index is 13.7. The van der Waals surface area contributed by atoms with Crippen LogP contribution in [0.5, 0.6) is 11.5 Å². The summed E-state index contributed by atoms with van der Waals surface area (Å²) in [4.78, 5) is 28.2. The van der Waals surface area contributed by atoms with E-state index in [0.717, 1.165) is 31.5 Å². The Labute approximate surface area is 212 Å². The number of piperidine rings is 1. The number of para-hydroxylation sites is 2. The Morgan fingerprint density at radius 3 is 2.36 bits per heavy atom. The first-order valence-corrected chi connectivity index (χ1v) is 12.3. The van der Waals surface area contributed by atoms with E-state index in [0.29, 0.717) is 41.8 Å². The predicted molar refractivity (Wildman–Crippen MR) is 140 cm³/mol. The zero-order valence-electron chi connectivity index (χ0n) is 20.6. The topological polar surface area (TPSA) is 79.9 Å². The molecule has 36 heavy (non-hydrogen) atoms. The second-order valence-corrected chi connectivity index (χ2v) is 8.86. The van der Waals surface area contributed by atoms with Crippen molar-refractivity contribution in [2.75, 3.05) is 38.2 Å². The molecule has 1 aliphatic rings. The molecule has 3 aromatic rings. The molecule has 0 spiro atoms. The lowest BCUT2D eigenvalue weighted by molar-refractivity contribution is -0.119. The Kier molecular flexibility index (Phi) is 8.94. The van der Waals surface area contributed by atoms with E-state index in [1.54, 1.807) is 31.4 Å². The molecule has 1 saturated heterocycles. The molecule has 2 N–H and O–H groups in total. The fraction of sp³-hybridized carbons (Fsp3) is 0.310. The summed E-state index contributed by atoms with van der Waals surface area (Å²) in [6.45, 7) is 2.78. The van der Waals surface area contributed by atoms with Crippen LogP contribution < -0.4 is 25.0 Å². The number of carbonyl (C=O) groups excluding carboxylic acids is 2. The summed E-state index contributed by atoms with van der Waals surface area (Å²) < 4.78 is 11.3. The SMILES string of the molecule is COc1ccc(C(=O)N(CC(=O)NCC2CCNCC2)c2ccccc2OCc2ccccc2)cc1.